The van der Waals surface area contributed by atoms with E-state index in [1.807, 2.05) is 0 Å². The molecule has 2 aliphatic rings. The first-order valence-corrected chi connectivity index (χ1v) is 9.59. The van der Waals surface area contributed by atoms with E-state index in [9.17, 15) is 0 Å². The molecule has 0 bridgehead atoms. The van der Waals surface area contributed by atoms with Crippen LogP contribution >= 0.6 is 0 Å². The lowest BCUT2D eigenvalue weighted by atomic mass is 9.99. The Bertz CT molecular complexity index is 428. The summed E-state index contributed by atoms with van der Waals surface area (Å²) in [5.41, 5.74) is 1.48. The van der Waals surface area contributed by atoms with Crippen LogP contribution in [0.5, 0.6) is 0 Å². The molecule has 3 nitrogen and oxygen atoms in total. The average Bonchev–Trinajstić information content (AvgIpc) is 2.82. The van der Waals surface area contributed by atoms with Gasteiger partial charge >= 0.3 is 0 Å². The van der Waals surface area contributed by atoms with Gasteiger partial charge in [0.1, 0.15) is 0 Å². The van der Waals surface area contributed by atoms with E-state index >= 15 is 0 Å². The number of hydrogen-bond donors (Lipinski definition) is 1. The van der Waals surface area contributed by atoms with Crippen LogP contribution in [-0.2, 0) is 6.42 Å². The Hall–Kier alpha value is -0.900. The first-order chi connectivity index (χ1) is 11.4. The van der Waals surface area contributed by atoms with E-state index in [0.29, 0.717) is 0 Å². The number of aryl methyl sites for hydroxylation is 1. The highest BCUT2D eigenvalue weighted by atomic mass is 15.2. The maximum atomic E-state index is 3.56. The van der Waals surface area contributed by atoms with Crippen LogP contribution in [0.15, 0.2) is 30.3 Å². The van der Waals surface area contributed by atoms with Crippen molar-refractivity contribution in [2.75, 3.05) is 52.4 Å². The molecule has 1 aromatic rings. The molecule has 0 radical (unpaired) electrons. The molecule has 0 aromatic heterocycles. The zero-order valence-corrected chi connectivity index (χ0v) is 14.6. The van der Waals surface area contributed by atoms with Crippen molar-refractivity contribution < 1.29 is 0 Å². The Morgan fingerprint density at radius 2 is 1.78 bits per heavy atom. The topological polar surface area (TPSA) is 18.5 Å². The van der Waals surface area contributed by atoms with E-state index in [-0.39, 0.29) is 0 Å². The highest BCUT2D eigenvalue weighted by Crippen LogP contribution is 2.14. The number of rotatable bonds is 6. The molecule has 1 unspecified atom stereocenters. The Morgan fingerprint density at radius 1 is 0.957 bits per heavy atom. The molecule has 2 saturated heterocycles. The molecule has 0 saturated carbocycles. The molecule has 23 heavy (non-hydrogen) atoms. The third-order valence-corrected chi connectivity index (χ3v) is 5.38. The van der Waals surface area contributed by atoms with E-state index in [1.54, 1.807) is 0 Å². The number of hydrogen-bond acceptors (Lipinski definition) is 3. The van der Waals surface area contributed by atoms with Crippen molar-refractivity contribution in [1.29, 1.82) is 0 Å². The predicted octanol–water partition coefficient (Wildman–Crippen LogP) is 2.63. The fraction of sp³-hybridized carbons (Fsp3) is 0.700. The van der Waals surface area contributed by atoms with Crippen molar-refractivity contribution in [1.82, 2.24) is 15.1 Å². The van der Waals surface area contributed by atoms with Gasteiger partial charge in [0.15, 0.2) is 0 Å². The van der Waals surface area contributed by atoms with Crippen molar-refractivity contribution in [2.24, 2.45) is 5.92 Å². The number of piperidine rings is 1. The molecule has 1 aromatic carbocycles. The predicted molar refractivity (Wildman–Crippen MR) is 97.9 cm³/mol. The summed E-state index contributed by atoms with van der Waals surface area (Å²) in [6.07, 6.45) is 6.63. The summed E-state index contributed by atoms with van der Waals surface area (Å²) in [6, 6.07) is 10.9. The standard InChI is InChI=1S/C20H33N3/c1-2-7-19(8-3-1)10-5-12-22-13-6-14-23(16-15-22)18-20-9-4-11-21-17-20/h1-3,7-8,20-21H,4-6,9-18H2. The molecule has 1 atom stereocenters. The van der Waals surface area contributed by atoms with Crippen LogP contribution in [0, 0.1) is 5.92 Å². The van der Waals surface area contributed by atoms with Crippen LogP contribution in [0.25, 0.3) is 0 Å². The molecule has 3 heteroatoms. The largest absolute Gasteiger partial charge is 0.316 e. The van der Waals surface area contributed by atoms with E-state index in [0.717, 1.165) is 5.92 Å². The van der Waals surface area contributed by atoms with Gasteiger partial charge in [0.2, 0.25) is 0 Å². The maximum Gasteiger partial charge on any atom is 0.0109 e. The zero-order valence-electron chi connectivity index (χ0n) is 14.6. The lowest BCUT2D eigenvalue weighted by molar-refractivity contribution is 0.208. The molecule has 2 aliphatic heterocycles. The van der Waals surface area contributed by atoms with Crippen LogP contribution in [0.1, 0.15) is 31.2 Å². The Balaban J connectivity index is 1.34. The van der Waals surface area contributed by atoms with Crippen LogP contribution in [0.4, 0.5) is 0 Å². The number of nitrogens with one attached hydrogen (secondary N) is 1. The zero-order chi connectivity index (χ0) is 15.7. The summed E-state index contributed by atoms with van der Waals surface area (Å²) in [4.78, 5) is 5.40. The molecule has 128 valence electrons. The highest BCUT2D eigenvalue weighted by Gasteiger charge is 2.19. The first kappa shape index (κ1) is 16.9. The van der Waals surface area contributed by atoms with Gasteiger partial charge in [0.25, 0.3) is 0 Å². The van der Waals surface area contributed by atoms with Crippen molar-refractivity contribution in [3.8, 4) is 0 Å². The fourth-order valence-corrected chi connectivity index (χ4v) is 4.03. The number of benzene rings is 1. The van der Waals surface area contributed by atoms with Gasteiger partial charge in [0, 0.05) is 19.6 Å². The lowest BCUT2D eigenvalue weighted by Crippen LogP contribution is -2.39. The summed E-state index contributed by atoms with van der Waals surface area (Å²) < 4.78 is 0. The SMILES string of the molecule is c1ccc(CCCN2CCCN(CC3CCCNC3)CC2)cc1. The van der Waals surface area contributed by atoms with Crippen molar-refractivity contribution in [2.45, 2.75) is 32.1 Å². The highest BCUT2D eigenvalue weighted by molar-refractivity contribution is 5.14. The monoisotopic (exact) mass is 315 g/mol. The fourth-order valence-electron chi connectivity index (χ4n) is 4.03. The van der Waals surface area contributed by atoms with Gasteiger partial charge in [0.05, 0.1) is 0 Å². The van der Waals surface area contributed by atoms with E-state index < -0.39 is 0 Å². The van der Waals surface area contributed by atoms with E-state index in [4.69, 9.17) is 0 Å². The minimum atomic E-state index is 0.883. The van der Waals surface area contributed by atoms with Crippen LogP contribution in [-0.4, -0.2) is 62.2 Å². The lowest BCUT2D eigenvalue weighted by Gasteiger charge is -2.29. The second kappa shape index (κ2) is 9.41. The Labute approximate surface area is 142 Å². The maximum absolute atomic E-state index is 3.56. The second-order valence-electron chi connectivity index (χ2n) is 7.30. The molecule has 0 spiro atoms. The molecule has 2 heterocycles. The smallest absolute Gasteiger partial charge is 0.0109 e. The van der Waals surface area contributed by atoms with Crippen LogP contribution < -0.4 is 5.32 Å². The number of nitrogens with zero attached hydrogens (tertiary/aromatic N) is 2. The first-order valence-electron chi connectivity index (χ1n) is 9.59. The van der Waals surface area contributed by atoms with Gasteiger partial charge < -0.3 is 15.1 Å². The van der Waals surface area contributed by atoms with E-state index in [1.165, 1.54) is 90.0 Å². The third kappa shape index (κ3) is 5.91. The molecular weight excluding hydrogens is 282 g/mol. The van der Waals surface area contributed by atoms with E-state index in [2.05, 4.69) is 45.4 Å². The second-order valence-corrected chi connectivity index (χ2v) is 7.30. The van der Waals surface area contributed by atoms with Gasteiger partial charge in [-0.1, -0.05) is 30.3 Å². The van der Waals surface area contributed by atoms with Gasteiger partial charge in [-0.25, -0.2) is 0 Å². The summed E-state index contributed by atoms with van der Waals surface area (Å²) >= 11 is 0. The summed E-state index contributed by atoms with van der Waals surface area (Å²) in [7, 11) is 0. The summed E-state index contributed by atoms with van der Waals surface area (Å²) in [6.45, 7) is 10.1. The van der Waals surface area contributed by atoms with Crippen molar-refractivity contribution in [3.63, 3.8) is 0 Å². The molecule has 0 amide bonds. The van der Waals surface area contributed by atoms with Crippen LogP contribution in [0.3, 0.4) is 0 Å². The average molecular weight is 316 g/mol. The third-order valence-electron chi connectivity index (χ3n) is 5.38. The van der Waals surface area contributed by atoms with Gasteiger partial charge in [-0.2, -0.15) is 0 Å². The summed E-state index contributed by atoms with van der Waals surface area (Å²) in [5, 5.41) is 3.56. The molecule has 0 aliphatic carbocycles. The Kier molecular flexibility index (Phi) is 6.93. The normalized spacial score (nSPS) is 24.4. The van der Waals surface area contributed by atoms with Crippen LogP contribution in [0.2, 0.25) is 0 Å². The molecule has 2 fully saturated rings. The van der Waals surface area contributed by atoms with Crippen molar-refractivity contribution >= 4 is 0 Å². The molecule has 1 N–H and O–H groups in total. The van der Waals surface area contributed by atoms with Gasteiger partial charge in [-0.15, -0.1) is 0 Å². The quantitative estimate of drug-likeness (QED) is 0.870. The molecule has 3 rings (SSSR count). The van der Waals surface area contributed by atoms with Gasteiger partial charge in [-0.05, 0) is 76.3 Å². The Morgan fingerprint density at radius 3 is 2.61 bits per heavy atom. The van der Waals surface area contributed by atoms with Gasteiger partial charge in [-0.3, -0.25) is 0 Å². The summed E-state index contributed by atoms with van der Waals surface area (Å²) in [5.74, 6) is 0.883. The minimum Gasteiger partial charge on any atom is -0.316 e. The minimum absolute atomic E-state index is 0.883. The molecular formula is C20H33N3. The van der Waals surface area contributed by atoms with Crippen molar-refractivity contribution in [3.05, 3.63) is 35.9 Å².